The molecule has 3 nitrogen and oxygen atoms in total. The lowest BCUT2D eigenvalue weighted by Crippen LogP contribution is -2.46. The molecule has 21 heavy (non-hydrogen) atoms. The minimum Gasteiger partial charge on any atom is -0.341 e. The molecule has 116 valence electrons. The van der Waals surface area contributed by atoms with Crippen LogP contribution in [0.1, 0.15) is 31.7 Å². The molecule has 0 spiro atoms. The Hall–Kier alpha value is -1.56. The number of carbonyl (C=O) groups is 1. The molecule has 2 rings (SSSR count). The van der Waals surface area contributed by atoms with Gasteiger partial charge in [-0.2, -0.15) is 0 Å². The average Bonchev–Trinajstić information content (AvgIpc) is 2.49. The lowest BCUT2D eigenvalue weighted by molar-refractivity contribution is -0.133. The van der Waals surface area contributed by atoms with Gasteiger partial charge in [-0.15, -0.1) is 0 Å². The number of nitrogens with zero attached hydrogens (tertiary/aromatic N) is 1. The summed E-state index contributed by atoms with van der Waals surface area (Å²) in [6.45, 7) is 3.15. The summed E-state index contributed by atoms with van der Waals surface area (Å²) in [6.07, 6.45) is 3.12. The van der Waals surface area contributed by atoms with Crippen LogP contribution in [-0.2, 0) is 11.3 Å². The van der Waals surface area contributed by atoms with E-state index in [9.17, 15) is 18.0 Å². The number of piperidine rings is 1. The predicted molar refractivity (Wildman–Crippen MR) is 73.0 cm³/mol. The Labute approximate surface area is 122 Å². The standard InChI is InChI=1S/C15H19F3N2O/c1-10(15(21)20-5-3-2-4-6-20)19-9-11-7-13(17)14(18)8-12(11)16/h7-8,10,19H,2-6,9H2,1H3. The van der Waals surface area contributed by atoms with Crippen LogP contribution in [0.25, 0.3) is 0 Å². The van der Waals surface area contributed by atoms with Crippen LogP contribution in [0.5, 0.6) is 0 Å². The quantitative estimate of drug-likeness (QED) is 0.867. The molecule has 0 saturated carbocycles. The van der Waals surface area contributed by atoms with Gasteiger partial charge < -0.3 is 10.2 Å². The molecule has 6 heteroatoms. The van der Waals surface area contributed by atoms with Crippen LogP contribution in [0.2, 0.25) is 0 Å². The van der Waals surface area contributed by atoms with E-state index in [1.165, 1.54) is 0 Å². The van der Waals surface area contributed by atoms with E-state index >= 15 is 0 Å². The van der Waals surface area contributed by atoms with Gasteiger partial charge >= 0.3 is 0 Å². The Kier molecular flexibility index (Phi) is 5.22. The van der Waals surface area contributed by atoms with Crippen LogP contribution in [0.3, 0.4) is 0 Å². The first-order valence-corrected chi connectivity index (χ1v) is 7.14. The van der Waals surface area contributed by atoms with Crippen molar-refractivity contribution in [2.45, 2.75) is 38.8 Å². The van der Waals surface area contributed by atoms with Gasteiger partial charge in [0.15, 0.2) is 11.6 Å². The lowest BCUT2D eigenvalue weighted by atomic mass is 10.1. The van der Waals surface area contributed by atoms with Crippen molar-refractivity contribution >= 4 is 5.91 Å². The Bertz CT molecular complexity index is 516. The van der Waals surface area contributed by atoms with Crippen molar-refractivity contribution in [1.82, 2.24) is 10.2 Å². The van der Waals surface area contributed by atoms with Crippen LogP contribution in [-0.4, -0.2) is 29.9 Å². The zero-order chi connectivity index (χ0) is 15.4. The van der Waals surface area contributed by atoms with E-state index in [2.05, 4.69) is 5.32 Å². The molecule has 0 radical (unpaired) electrons. The minimum absolute atomic E-state index is 0.00666. The van der Waals surface area contributed by atoms with Crippen LogP contribution >= 0.6 is 0 Å². The average molecular weight is 300 g/mol. The minimum atomic E-state index is -1.21. The third-order valence-corrected chi connectivity index (χ3v) is 3.73. The zero-order valence-corrected chi connectivity index (χ0v) is 12.0. The van der Waals surface area contributed by atoms with E-state index in [-0.39, 0.29) is 18.0 Å². The number of halogens is 3. The Morgan fingerprint density at radius 1 is 1.14 bits per heavy atom. The molecule has 1 unspecified atom stereocenters. The monoisotopic (exact) mass is 300 g/mol. The summed E-state index contributed by atoms with van der Waals surface area (Å²) in [6, 6.07) is 0.842. The predicted octanol–water partition coefficient (Wildman–Crippen LogP) is 2.59. The summed E-state index contributed by atoms with van der Waals surface area (Å²) < 4.78 is 39.4. The first kappa shape index (κ1) is 15.8. The third kappa shape index (κ3) is 3.97. The second kappa shape index (κ2) is 6.93. The Balaban J connectivity index is 1.92. The normalized spacial score (nSPS) is 16.9. The number of likely N-dealkylation sites (tertiary alicyclic amines) is 1. The van der Waals surface area contributed by atoms with E-state index in [1.54, 1.807) is 11.8 Å². The summed E-state index contributed by atoms with van der Waals surface area (Å²) in [5.41, 5.74) is 0.00666. The van der Waals surface area contributed by atoms with Gasteiger partial charge in [0.25, 0.3) is 0 Å². The molecule has 1 amide bonds. The van der Waals surface area contributed by atoms with Gasteiger partial charge in [0.2, 0.25) is 5.91 Å². The molecule has 1 aromatic rings. The number of nitrogens with one attached hydrogen (secondary N) is 1. The second-order valence-electron chi connectivity index (χ2n) is 5.35. The van der Waals surface area contributed by atoms with Gasteiger partial charge in [0, 0.05) is 31.3 Å². The maximum atomic E-state index is 13.5. The molecule has 0 aliphatic carbocycles. The molecular weight excluding hydrogens is 281 g/mol. The lowest BCUT2D eigenvalue weighted by Gasteiger charge is -2.29. The van der Waals surface area contributed by atoms with E-state index in [4.69, 9.17) is 0 Å². The molecule has 1 aromatic carbocycles. The topological polar surface area (TPSA) is 32.3 Å². The van der Waals surface area contributed by atoms with E-state index in [1.807, 2.05) is 0 Å². The summed E-state index contributed by atoms with van der Waals surface area (Å²) >= 11 is 0. The molecule has 0 aromatic heterocycles. The van der Waals surface area contributed by atoms with Crippen molar-refractivity contribution in [3.63, 3.8) is 0 Å². The van der Waals surface area contributed by atoms with Crippen molar-refractivity contribution in [1.29, 1.82) is 0 Å². The highest BCUT2D eigenvalue weighted by molar-refractivity contribution is 5.81. The molecular formula is C15H19F3N2O. The van der Waals surface area contributed by atoms with Crippen molar-refractivity contribution < 1.29 is 18.0 Å². The highest BCUT2D eigenvalue weighted by Gasteiger charge is 2.22. The molecule has 1 N–H and O–H groups in total. The first-order valence-electron chi connectivity index (χ1n) is 7.14. The summed E-state index contributed by atoms with van der Waals surface area (Å²) in [5, 5.41) is 2.86. The van der Waals surface area contributed by atoms with Crippen molar-refractivity contribution in [2.24, 2.45) is 0 Å². The molecule has 0 bridgehead atoms. The van der Waals surface area contributed by atoms with Gasteiger partial charge in [-0.05, 0) is 32.3 Å². The van der Waals surface area contributed by atoms with Gasteiger partial charge in [-0.1, -0.05) is 0 Å². The molecule has 1 heterocycles. The molecule has 1 saturated heterocycles. The number of hydrogen-bond donors (Lipinski definition) is 1. The maximum Gasteiger partial charge on any atom is 0.239 e. The summed E-state index contributed by atoms with van der Waals surface area (Å²) in [7, 11) is 0. The highest BCUT2D eigenvalue weighted by atomic mass is 19.2. The second-order valence-corrected chi connectivity index (χ2v) is 5.35. The number of carbonyl (C=O) groups excluding carboxylic acids is 1. The number of hydrogen-bond acceptors (Lipinski definition) is 2. The third-order valence-electron chi connectivity index (χ3n) is 3.73. The number of rotatable bonds is 4. The Morgan fingerprint density at radius 3 is 2.43 bits per heavy atom. The van der Waals surface area contributed by atoms with Gasteiger partial charge in [-0.25, -0.2) is 13.2 Å². The molecule has 1 atom stereocenters. The van der Waals surface area contributed by atoms with E-state index in [0.717, 1.165) is 38.4 Å². The summed E-state index contributed by atoms with van der Waals surface area (Å²) in [4.78, 5) is 13.9. The van der Waals surface area contributed by atoms with Crippen LogP contribution in [0.4, 0.5) is 13.2 Å². The van der Waals surface area contributed by atoms with Crippen molar-refractivity contribution in [2.75, 3.05) is 13.1 Å². The van der Waals surface area contributed by atoms with Crippen molar-refractivity contribution in [3.05, 3.63) is 35.1 Å². The number of amides is 1. The van der Waals surface area contributed by atoms with Crippen LogP contribution in [0, 0.1) is 17.5 Å². The fraction of sp³-hybridized carbons (Fsp3) is 0.533. The summed E-state index contributed by atoms with van der Waals surface area (Å²) in [5.74, 6) is -3.17. The van der Waals surface area contributed by atoms with E-state index in [0.29, 0.717) is 6.07 Å². The zero-order valence-electron chi connectivity index (χ0n) is 12.0. The Morgan fingerprint density at radius 2 is 1.76 bits per heavy atom. The SMILES string of the molecule is CC(NCc1cc(F)c(F)cc1F)C(=O)N1CCCCC1. The van der Waals surface area contributed by atoms with Crippen molar-refractivity contribution in [3.8, 4) is 0 Å². The molecule has 1 aliphatic rings. The van der Waals surface area contributed by atoms with Gasteiger partial charge in [-0.3, -0.25) is 4.79 Å². The molecule has 1 aliphatic heterocycles. The van der Waals surface area contributed by atoms with Gasteiger partial charge in [0.1, 0.15) is 5.82 Å². The number of benzene rings is 1. The first-order chi connectivity index (χ1) is 9.99. The van der Waals surface area contributed by atoms with E-state index < -0.39 is 23.5 Å². The van der Waals surface area contributed by atoms with Crippen LogP contribution in [0.15, 0.2) is 12.1 Å². The maximum absolute atomic E-state index is 13.5. The van der Waals surface area contributed by atoms with Crippen LogP contribution < -0.4 is 5.32 Å². The van der Waals surface area contributed by atoms with Gasteiger partial charge in [0.05, 0.1) is 6.04 Å². The fourth-order valence-corrected chi connectivity index (χ4v) is 2.44. The highest BCUT2D eigenvalue weighted by Crippen LogP contribution is 2.14. The smallest absolute Gasteiger partial charge is 0.239 e. The molecule has 1 fully saturated rings. The fourth-order valence-electron chi connectivity index (χ4n) is 2.44. The largest absolute Gasteiger partial charge is 0.341 e.